The van der Waals surface area contributed by atoms with Crippen molar-refractivity contribution in [3.63, 3.8) is 0 Å². The maximum absolute atomic E-state index is 13.4. The van der Waals surface area contributed by atoms with Gasteiger partial charge < -0.3 is 5.32 Å². The SMILES string of the molecule is CC(=O)c1cccc(NC(=O)CSc2nc3sc(C)c(C)c3c(=O)n2Cc2ccccc2)c1. The minimum atomic E-state index is -0.236. The molecule has 0 radical (unpaired) electrons. The molecule has 0 bridgehead atoms. The summed E-state index contributed by atoms with van der Waals surface area (Å²) in [5, 5.41) is 3.96. The Bertz CT molecular complexity index is 1410. The molecule has 8 heteroatoms. The van der Waals surface area contributed by atoms with Crippen LogP contribution in [0.2, 0.25) is 0 Å². The third-order valence-corrected chi connectivity index (χ3v) is 7.40. The second kappa shape index (κ2) is 9.72. The molecular weight excluding hydrogens is 454 g/mol. The Hall–Kier alpha value is -3.23. The molecule has 2 heterocycles. The lowest BCUT2D eigenvalue weighted by Gasteiger charge is -2.12. The molecule has 1 amide bonds. The van der Waals surface area contributed by atoms with Gasteiger partial charge in [0.05, 0.1) is 17.7 Å². The Labute approximate surface area is 199 Å². The van der Waals surface area contributed by atoms with Gasteiger partial charge in [-0.1, -0.05) is 54.2 Å². The normalized spacial score (nSPS) is 11.0. The van der Waals surface area contributed by atoms with E-state index in [0.29, 0.717) is 33.2 Å². The topological polar surface area (TPSA) is 81.1 Å². The molecule has 168 valence electrons. The van der Waals surface area contributed by atoms with Crippen molar-refractivity contribution in [3.8, 4) is 0 Å². The third-order valence-electron chi connectivity index (χ3n) is 5.32. The Morgan fingerprint density at radius 1 is 1.09 bits per heavy atom. The van der Waals surface area contributed by atoms with Crippen molar-refractivity contribution in [2.45, 2.75) is 32.5 Å². The Morgan fingerprint density at radius 2 is 1.85 bits per heavy atom. The van der Waals surface area contributed by atoms with Gasteiger partial charge in [-0.05, 0) is 44.0 Å². The summed E-state index contributed by atoms with van der Waals surface area (Å²) in [7, 11) is 0. The van der Waals surface area contributed by atoms with Crippen LogP contribution in [0.5, 0.6) is 0 Å². The fraction of sp³-hybridized carbons (Fsp3) is 0.200. The van der Waals surface area contributed by atoms with E-state index in [1.165, 1.54) is 30.0 Å². The monoisotopic (exact) mass is 477 g/mol. The van der Waals surface area contributed by atoms with E-state index in [-0.39, 0.29) is 23.0 Å². The minimum absolute atomic E-state index is 0.0653. The molecule has 4 rings (SSSR count). The van der Waals surface area contributed by atoms with E-state index in [4.69, 9.17) is 4.98 Å². The summed E-state index contributed by atoms with van der Waals surface area (Å²) in [5.74, 6) is -0.218. The fourth-order valence-electron chi connectivity index (χ4n) is 3.47. The average Bonchev–Trinajstić information content (AvgIpc) is 3.08. The molecule has 0 saturated heterocycles. The maximum Gasteiger partial charge on any atom is 0.263 e. The lowest BCUT2D eigenvalue weighted by Crippen LogP contribution is -2.24. The first-order chi connectivity index (χ1) is 15.8. The molecular formula is C25H23N3O3S2. The molecule has 2 aromatic carbocycles. The van der Waals surface area contributed by atoms with Crippen molar-refractivity contribution in [2.75, 3.05) is 11.1 Å². The van der Waals surface area contributed by atoms with Gasteiger partial charge in [-0.15, -0.1) is 11.3 Å². The van der Waals surface area contributed by atoms with Crippen LogP contribution in [-0.2, 0) is 11.3 Å². The number of Topliss-reactive ketones (excluding diaryl/α,β-unsaturated/α-hetero) is 1. The molecule has 0 unspecified atom stereocenters. The van der Waals surface area contributed by atoms with Gasteiger partial charge >= 0.3 is 0 Å². The lowest BCUT2D eigenvalue weighted by atomic mass is 10.1. The highest BCUT2D eigenvalue weighted by Gasteiger charge is 2.18. The van der Waals surface area contributed by atoms with E-state index in [1.54, 1.807) is 28.8 Å². The number of hydrogen-bond acceptors (Lipinski definition) is 6. The largest absolute Gasteiger partial charge is 0.325 e. The first-order valence-corrected chi connectivity index (χ1v) is 12.2. The Morgan fingerprint density at radius 3 is 2.58 bits per heavy atom. The van der Waals surface area contributed by atoms with E-state index in [9.17, 15) is 14.4 Å². The number of hydrogen-bond donors (Lipinski definition) is 1. The molecule has 0 aliphatic heterocycles. The second-order valence-electron chi connectivity index (χ2n) is 7.71. The highest BCUT2D eigenvalue weighted by Crippen LogP contribution is 2.28. The van der Waals surface area contributed by atoms with E-state index in [0.717, 1.165) is 16.0 Å². The number of benzene rings is 2. The summed E-state index contributed by atoms with van der Waals surface area (Å²) < 4.78 is 1.64. The van der Waals surface area contributed by atoms with Crippen molar-refractivity contribution in [1.82, 2.24) is 9.55 Å². The van der Waals surface area contributed by atoms with Crippen LogP contribution in [-0.4, -0.2) is 27.0 Å². The van der Waals surface area contributed by atoms with E-state index >= 15 is 0 Å². The number of carbonyl (C=O) groups is 2. The van der Waals surface area contributed by atoms with E-state index in [1.807, 2.05) is 44.2 Å². The van der Waals surface area contributed by atoms with Gasteiger partial charge in [0.15, 0.2) is 10.9 Å². The first-order valence-electron chi connectivity index (χ1n) is 10.4. The Kier molecular flexibility index (Phi) is 6.76. The number of fused-ring (bicyclic) bond motifs is 1. The zero-order valence-corrected chi connectivity index (χ0v) is 20.2. The van der Waals surface area contributed by atoms with Crippen LogP contribution in [0, 0.1) is 13.8 Å². The predicted molar refractivity (Wildman–Crippen MR) is 135 cm³/mol. The quantitative estimate of drug-likeness (QED) is 0.229. The molecule has 4 aromatic rings. The molecule has 0 spiro atoms. The number of aromatic nitrogens is 2. The fourth-order valence-corrected chi connectivity index (χ4v) is 5.34. The van der Waals surface area contributed by atoms with Gasteiger partial charge in [-0.25, -0.2) is 4.98 Å². The van der Waals surface area contributed by atoms with Crippen molar-refractivity contribution < 1.29 is 9.59 Å². The summed E-state index contributed by atoms with van der Waals surface area (Å²) in [6.45, 7) is 5.79. The molecule has 0 atom stereocenters. The molecule has 0 fully saturated rings. The van der Waals surface area contributed by atoms with Crippen LogP contribution in [0.15, 0.2) is 64.5 Å². The van der Waals surface area contributed by atoms with Crippen molar-refractivity contribution >= 4 is 50.7 Å². The lowest BCUT2D eigenvalue weighted by molar-refractivity contribution is -0.113. The smallest absolute Gasteiger partial charge is 0.263 e. The van der Waals surface area contributed by atoms with Crippen LogP contribution in [0.1, 0.15) is 33.3 Å². The van der Waals surface area contributed by atoms with Crippen molar-refractivity contribution in [2.24, 2.45) is 0 Å². The first kappa shape index (κ1) is 22.9. The highest BCUT2D eigenvalue weighted by atomic mass is 32.2. The average molecular weight is 478 g/mol. The highest BCUT2D eigenvalue weighted by molar-refractivity contribution is 7.99. The van der Waals surface area contributed by atoms with Gasteiger partial charge in [-0.2, -0.15) is 0 Å². The number of ketones is 1. The number of rotatable bonds is 7. The molecule has 33 heavy (non-hydrogen) atoms. The number of nitrogens with one attached hydrogen (secondary N) is 1. The van der Waals surface area contributed by atoms with E-state index in [2.05, 4.69) is 5.32 Å². The molecule has 0 aliphatic carbocycles. The number of amides is 1. The molecule has 0 saturated carbocycles. The number of carbonyl (C=O) groups excluding carboxylic acids is 2. The molecule has 6 nitrogen and oxygen atoms in total. The Balaban J connectivity index is 1.61. The van der Waals surface area contributed by atoms with Gasteiger partial charge in [0.2, 0.25) is 5.91 Å². The van der Waals surface area contributed by atoms with Crippen molar-refractivity contribution in [3.05, 3.63) is 86.5 Å². The molecule has 1 N–H and O–H groups in total. The summed E-state index contributed by atoms with van der Waals surface area (Å²) in [5.41, 5.74) is 2.94. The minimum Gasteiger partial charge on any atom is -0.325 e. The van der Waals surface area contributed by atoms with Crippen LogP contribution >= 0.6 is 23.1 Å². The second-order valence-corrected chi connectivity index (χ2v) is 9.85. The molecule has 0 aliphatic rings. The van der Waals surface area contributed by atoms with Gasteiger partial charge in [0.1, 0.15) is 4.83 Å². The van der Waals surface area contributed by atoms with Crippen LogP contribution in [0.3, 0.4) is 0 Å². The zero-order chi connectivity index (χ0) is 23.5. The number of thiophene rings is 1. The number of anilines is 1. The number of nitrogens with zero attached hydrogens (tertiary/aromatic N) is 2. The van der Waals surface area contributed by atoms with Crippen LogP contribution in [0.4, 0.5) is 5.69 Å². The maximum atomic E-state index is 13.4. The van der Waals surface area contributed by atoms with Gasteiger partial charge in [-0.3, -0.25) is 19.0 Å². The van der Waals surface area contributed by atoms with Gasteiger partial charge in [0, 0.05) is 16.1 Å². The summed E-state index contributed by atoms with van der Waals surface area (Å²) >= 11 is 2.72. The number of aryl methyl sites for hydroxylation is 2. The summed E-state index contributed by atoms with van der Waals surface area (Å²) in [4.78, 5) is 44.1. The predicted octanol–water partition coefficient (Wildman–Crippen LogP) is 5.06. The summed E-state index contributed by atoms with van der Waals surface area (Å²) in [6.07, 6.45) is 0. The standard InChI is InChI=1S/C25H23N3O3S2/c1-15-17(3)33-23-22(15)24(31)28(13-18-8-5-4-6-9-18)25(27-23)32-14-21(30)26-20-11-7-10-19(12-20)16(2)29/h4-12H,13-14H2,1-3H3,(H,26,30). The third kappa shape index (κ3) is 5.07. The zero-order valence-electron chi connectivity index (χ0n) is 18.5. The molecule has 2 aromatic heterocycles. The summed E-state index contributed by atoms with van der Waals surface area (Å²) in [6, 6.07) is 16.6. The van der Waals surface area contributed by atoms with Crippen LogP contribution in [0.25, 0.3) is 10.2 Å². The van der Waals surface area contributed by atoms with Gasteiger partial charge in [0.25, 0.3) is 5.56 Å². The number of thioether (sulfide) groups is 1. The van der Waals surface area contributed by atoms with Crippen molar-refractivity contribution in [1.29, 1.82) is 0 Å². The van der Waals surface area contributed by atoms with E-state index < -0.39 is 0 Å². The van der Waals surface area contributed by atoms with Crippen LogP contribution < -0.4 is 10.9 Å².